The second-order valence-electron chi connectivity index (χ2n) is 5.52. The van der Waals surface area contributed by atoms with Crippen LogP contribution in [0, 0.1) is 10.1 Å². The monoisotopic (exact) mass is 372 g/mol. The quantitative estimate of drug-likeness (QED) is 0.605. The van der Waals surface area contributed by atoms with E-state index < -0.39 is 22.6 Å². The van der Waals surface area contributed by atoms with E-state index in [1.165, 1.54) is 12.1 Å². The van der Waals surface area contributed by atoms with Gasteiger partial charge in [-0.1, -0.05) is 0 Å². The van der Waals surface area contributed by atoms with Crippen molar-refractivity contribution in [2.24, 2.45) is 0 Å². The molecular formula is C17H16N4O6. The Labute approximate surface area is 153 Å². The highest BCUT2D eigenvalue weighted by Gasteiger charge is 2.33. The minimum Gasteiger partial charge on any atom is -0.494 e. The van der Waals surface area contributed by atoms with Crippen LogP contribution in [-0.2, 0) is 9.59 Å². The van der Waals surface area contributed by atoms with Gasteiger partial charge in [-0.15, -0.1) is 0 Å². The lowest BCUT2D eigenvalue weighted by molar-refractivity contribution is -0.389. The minimum absolute atomic E-state index is 0.0534. The third kappa shape index (κ3) is 4.11. The molecule has 0 radical (unpaired) electrons. The van der Waals surface area contributed by atoms with Gasteiger partial charge in [-0.3, -0.25) is 14.5 Å². The third-order valence-corrected chi connectivity index (χ3v) is 3.67. The number of pyridine rings is 1. The summed E-state index contributed by atoms with van der Waals surface area (Å²) in [4.78, 5) is 39.6. The average molecular weight is 372 g/mol. The smallest absolute Gasteiger partial charge is 0.366 e. The fourth-order valence-electron chi connectivity index (χ4n) is 2.48. The first kappa shape index (κ1) is 18.1. The molecule has 2 aromatic rings. The highest BCUT2D eigenvalue weighted by Crippen LogP contribution is 2.31. The zero-order chi connectivity index (χ0) is 19.4. The van der Waals surface area contributed by atoms with Crippen molar-refractivity contribution in [1.82, 2.24) is 4.98 Å². The van der Waals surface area contributed by atoms with Gasteiger partial charge in [-0.2, -0.15) is 0 Å². The molecule has 0 atom stereocenters. The van der Waals surface area contributed by atoms with E-state index in [9.17, 15) is 19.7 Å². The molecule has 0 bridgehead atoms. The van der Waals surface area contributed by atoms with Gasteiger partial charge in [0.05, 0.1) is 6.61 Å². The number of aromatic nitrogens is 1. The Balaban J connectivity index is 1.74. The Hall–Kier alpha value is -3.69. The molecule has 3 rings (SSSR count). The highest BCUT2D eigenvalue weighted by atomic mass is 16.6. The number of carbonyl (C=O) groups excluding carboxylic acids is 2. The molecule has 0 unspecified atom stereocenters. The van der Waals surface area contributed by atoms with Crippen molar-refractivity contribution in [3.8, 4) is 11.5 Å². The maximum Gasteiger partial charge on any atom is 0.366 e. The molecule has 0 saturated heterocycles. The fourth-order valence-corrected chi connectivity index (χ4v) is 2.48. The predicted octanol–water partition coefficient (Wildman–Crippen LogP) is 1.75. The molecule has 10 nitrogen and oxygen atoms in total. The maximum atomic E-state index is 12.3. The predicted molar refractivity (Wildman–Crippen MR) is 95.0 cm³/mol. The van der Waals surface area contributed by atoms with E-state index in [-0.39, 0.29) is 24.7 Å². The highest BCUT2D eigenvalue weighted by molar-refractivity contribution is 6.04. The van der Waals surface area contributed by atoms with Gasteiger partial charge in [-0.05, 0) is 47.2 Å². The molecule has 140 valence electrons. The summed E-state index contributed by atoms with van der Waals surface area (Å²) in [6, 6.07) is 9.28. The number of rotatable bonds is 6. The lowest BCUT2D eigenvalue weighted by Crippen LogP contribution is -2.44. The fraction of sp³-hybridized carbons (Fsp3) is 0.235. The number of hydrogen-bond donors (Lipinski definition) is 1. The van der Waals surface area contributed by atoms with Gasteiger partial charge >= 0.3 is 5.82 Å². The van der Waals surface area contributed by atoms with E-state index in [4.69, 9.17) is 9.47 Å². The number of carbonyl (C=O) groups is 2. The molecule has 27 heavy (non-hydrogen) atoms. The first-order chi connectivity index (χ1) is 13.0. The van der Waals surface area contributed by atoms with E-state index in [0.29, 0.717) is 18.0 Å². The summed E-state index contributed by atoms with van der Waals surface area (Å²) < 4.78 is 10.5. The van der Waals surface area contributed by atoms with Gasteiger partial charge in [0, 0.05) is 11.8 Å². The molecule has 0 fully saturated rings. The molecule has 1 aromatic carbocycles. The number of benzene rings is 1. The topological polar surface area (TPSA) is 124 Å². The van der Waals surface area contributed by atoms with Gasteiger partial charge in [0.15, 0.2) is 12.4 Å². The van der Waals surface area contributed by atoms with Gasteiger partial charge in [0.1, 0.15) is 12.3 Å². The van der Waals surface area contributed by atoms with Gasteiger partial charge in [0.2, 0.25) is 5.91 Å². The van der Waals surface area contributed by atoms with Crippen molar-refractivity contribution in [2.45, 2.75) is 6.92 Å². The Morgan fingerprint density at radius 1 is 1.33 bits per heavy atom. The van der Waals surface area contributed by atoms with Crippen LogP contribution in [-0.4, -0.2) is 41.5 Å². The lowest BCUT2D eigenvalue weighted by atomic mass is 10.3. The van der Waals surface area contributed by atoms with Crippen LogP contribution < -0.4 is 19.7 Å². The van der Waals surface area contributed by atoms with Gasteiger partial charge in [0.25, 0.3) is 11.7 Å². The number of nitro groups is 1. The van der Waals surface area contributed by atoms with Crippen molar-refractivity contribution in [2.75, 3.05) is 30.0 Å². The largest absolute Gasteiger partial charge is 0.494 e. The summed E-state index contributed by atoms with van der Waals surface area (Å²) in [7, 11) is 0. The number of ether oxygens (including phenoxy) is 2. The van der Waals surface area contributed by atoms with Crippen molar-refractivity contribution in [3.05, 3.63) is 46.5 Å². The van der Waals surface area contributed by atoms with Crippen molar-refractivity contribution < 1.29 is 24.0 Å². The standard InChI is InChI=1S/C17H16N4O6/c1-2-26-12-5-3-11(4-6-12)18-15(22)9-20-16(23)10-27-13-7-8-14(21(24)25)19-17(13)20/h3-8H,2,9-10H2,1H3,(H,18,22). The van der Waals surface area contributed by atoms with E-state index in [2.05, 4.69) is 10.3 Å². The molecule has 2 heterocycles. The van der Waals surface area contributed by atoms with Crippen LogP contribution >= 0.6 is 0 Å². The molecular weight excluding hydrogens is 356 g/mol. The van der Waals surface area contributed by atoms with Crippen LogP contribution in [0.1, 0.15) is 6.92 Å². The second kappa shape index (κ2) is 7.68. The summed E-state index contributed by atoms with van der Waals surface area (Å²) in [6.45, 7) is 1.77. The number of hydrogen-bond acceptors (Lipinski definition) is 7. The number of amides is 2. The van der Waals surface area contributed by atoms with E-state index in [1.807, 2.05) is 6.92 Å². The van der Waals surface area contributed by atoms with Crippen molar-refractivity contribution in [3.63, 3.8) is 0 Å². The molecule has 2 amide bonds. The zero-order valence-electron chi connectivity index (χ0n) is 14.4. The summed E-state index contributed by atoms with van der Waals surface area (Å²) in [5, 5.41) is 13.6. The molecule has 10 heteroatoms. The summed E-state index contributed by atoms with van der Waals surface area (Å²) in [6.07, 6.45) is 0. The first-order valence-corrected chi connectivity index (χ1v) is 8.09. The Bertz CT molecular complexity index is 883. The lowest BCUT2D eigenvalue weighted by Gasteiger charge is -2.24. The number of anilines is 2. The molecule has 0 aliphatic carbocycles. The molecule has 1 N–H and O–H groups in total. The summed E-state index contributed by atoms with van der Waals surface area (Å²) >= 11 is 0. The van der Waals surface area contributed by atoms with Gasteiger partial charge < -0.3 is 24.9 Å². The number of nitrogens with one attached hydrogen (secondary N) is 1. The Morgan fingerprint density at radius 2 is 2.07 bits per heavy atom. The number of fused-ring (bicyclic) bond motifs is 1. The summed E-state index contributed by atoms with van der Waals surface area (Å²) in [5.41, 5.74) is 0.524. The van der Waals surface area contributed by atoms with Crippen LogP contribution in [0.2, 0.25) is 0 Å². The SMILES string of the molecule is CCOc1ccc(NC(=O)CN2C(=O)COc3ccc([N+](=O)[O-])nc32)cc1. The normalized spacial score (nSPS) is 12.8. The first-order valence-electron chi connectivity index (χ1n) is 8.09. The van der Waals surface area contributed by atoms with Crippen LogP contribution in [0.3, 0.4) is 0 Å². The van der Waals surface area contributed by atoms with Gasteiger partial charge in [-0.25, -0.2) is 0 Å². The number of nitrogens with zero attached hydrogens (tertiary/aromatic N) is 3. The van der Waals surface area contributed by atoms with Crippen molar-refractivity contribution >= 4 is 29.1 Å². The minimum atomic E-state index is -0.683. The molecule has 0 saturated carbocycles. The third-order valence-electron chi connectivity index (χ3n) is 3.67. The average Bonchev–Trinajstić information content (AvgIpc) is 2.65. The van der Waals surface area contributed by atoms with Crippen LogP contribution in [0.25, 0.3) is 0 Å². The van der Waals surface area contributed by atoms with E-state index in [1.54, 1.807) is 24.3 Å². The molecule has 0 spiro atoms. The Morgan fingerprint density at radius 3 is 2.74 bits per heavy atom. The van der Waals surface area contributed by atoms with Crippen molar-refractivity contribution in [1.29, 1.82) is 0 Å². The van der Waals surface area contributed by atoms with Crippen LogP contribution in [0.15, 0.2) is 36.4 Å². The van der Waals surface area contributed by atoms with Crippen LogP contribution in [0.5, 0.6) is 11.5 Å². The molecule has 1 aliphatic heterocycles. The maximum absolute atomic E-state index is 12.3. The molecule has 1 aliphatic rings. The summed E-state index contributed by atoms with van der Waals surface area (Å²) in [5.74, 6) is -0.615. The zero-order valence-corrected chi connectivity index (χ0v) is 14.4. The Kier molecular flexibility index (Phi) is 5.15. The second-order valence-corrected chi connectivity index (χ2v) is 5.52. The molecule has 1 aromatic heterocycles. The van der Waals surface area contributed by atoms with E-state index in [0.717, 1.165) is 4.90 Å². The van der Waals surface area contributed by atoms with E-state index >= 15 is 0 Å². The van der Waals surface area contributed by atoms with Crippen LogP contribution in [0.4, 0.5) is 17.3 Å².